The molecule has 6 nitrogen and oxygen atoms in total. The van der Waals surface area contributed by atoms with E-state index >= 15 is 0 Å². The number of carbonyl (C=O) groups excluding carboxylic acids is 1. The fourth-order valence-corrected chi connectivity index (χ4v) is 2.23. The summed E-state index contributed by atoms with van der Waals surface area (Å²) in [6, 6.07) is 8.12. The van der Waals surface area contributed by atoms with Gasteiger partial charge in [0.2, 0.25) is 0 Å². The molecular weight excluding hydrogens is 292 g/mol. The van der Waals surface area contributed by atoms with E-state index < -0.39 is 5.60 Å². The van der Waals surface area contributed by atoms with Crippen LogP contribution < -0.4 is 5.32 Å². The van der Waals surface area contributed by atoms with Gasteiger partial charge >= 0.3 is 6.09 Å². The first-order valence-corrected chi connectivity index (χ1v) is 7.75. The highest BCUT2D eigenvalue weighted by molar-refractivity contribution is 5.67. The molecule has 0 saturated carbocycles. The predicted octanol–water partition coefficient (Wildman–Crippen LogP) is 2.77. The van der Waals surface area contributed by atoms with Crippen molar-refractivity contribution >= 4 is 6.09 Å². The molecule has 124 valence electrons. The van der Waals surface area contributed by atoms with Crippen LogP contribution >= 0.6 is 0 Å². The Labute approximate surface area is 136 Å². The summed E-state index contributed by atoms with van der Waals surface area (Å²) in [5, 5.41) is 9.81. The van der Waals surface area contributed by atoms with Crippen molar-refractivity contribution in [3.8, 4) is 0 Å². The van der Waals surface area contributed by atoms with Gasteiger partial charge in [-0.2, -0.15) is 5.10 Å². The molecule has 23 heavy (non-hydrogen) atoms. The number of nitrogens with zero attached hydrogens (tertiary/aromatic N) is 2. The Hall–Kier alpha value is -2.37. The number of benzene rings is 1. The molecule has 0 unspecified atom stereocenters. The van der Waals surface area contributed by atoms with E-state index in [4.69, 9.17) is 4.74 Å². The molecule has 2 rings (SSSR count). The van der Waals surface area contributed by atoms with Crippen LogP contribution in [-0.4, -0.2) is 33.4 Å². The Morgan fingerprint density at radius 2 is 1.96 bits per heavy atom. The van der Waals surface area contributed by atoms with Gasteiger partial charge in [0.25, 0.3) is 0 Å². The van der Waals surface area contributed by atoms with E-state index in [0.717, 1.165) is 23.6 Å². The molecule has 0 bridgehead atoms. The SMILES string of the molecule is Cc1nc(Cc2ccccc2CCNC(=O)OC(C)(C)C)n[nH]1. The first kappa shape index (κ1) is 17.0. The monoisotopic (exact) mass is 316 g/mol. The van der Waals surface area contributed by atoms with Gasteiger partial charge in [0.1, 0.15) is 11.4 Å². The third-order valence-electron chi connectivity index (χ3n) is 3.17. The molecule has 0 atom stereocenters. The predicted molar refractivity (Wildman–Crippen MR) is 88.3 cm³/mol. The fourth-order valence-electron chi connectivity index (χ4n) is 2.23. The van der Waals surface area contributed by atoms with Gasteiger partial charge < -0.3 is 10.1 Å². The van der Waals surface area contributed by atoms with Crippen molar-refractivity contribution in [2.24, 2.45) is 0 Å². The second-order valence-corrected chi connectivity index (χ2v) is 6.46. The number of aromatic nitrogens is 3. The van der Waals surface area contributed by atoms with Crippen LogP contribution in [0.5, 0.6) is 0 Å². The average molecular weight is 316 g/mol. The largest absolute Gasteiger partial charge is 0.444 e. The van der Waals surface area contributed by atoms with Gasteiger partial charge in [0, 0.05) is 13.0 Å². The Balaban J connectivity index is 1.91. The lowest BCUT2D eigenvalue weighted by Gasteiger charge is -2.19. The number of alkyl carbamates (subject to hydrolysis) is 1. The Morgan fingerprint density at radius 3 is 2.57 bits per heavy atom. The number of ether oxygens (including phenoxy) is 1. The Kier molecular flexibility index (Phi) is 5.36. The summed E-state index contributed by atoms with van der Waals surface area (Å²) in [6.45, 7) is 7.95. The third kappa shape index (κ3) is 5.73. The first-order chi connectivity index (χ1) is 10.8. The number of aromatic amines is 1. The van der Waals surface area contributed by atoms with E-state index in [9.17, 15) is 4.79 Å². The Bertz CT molecular complexity index is 659. The number of aryl methyl sites for hydroxylation is 1. The van der Waals surface area contributed by atoms with Crippen molar-refractivity contribution in [1.29, 1.82) is 0 Å². The maximum atomic E-state index is 11.7. The lowest BCUT2D eigenvalue weighted by atomic mass is 10.0. The molecule has 0 aliphatic carbocycles. The third-order valence-corrected chi connectivity index (χ3v) is 3.17. The molecule has 0 aliphatic rings. The van der Waals surface area contributed by atoms with Crippen molar-refractivity contribution in [3.05, 3.63) is 47.0 Å². The summed E-state index contributed by atoms with van der Waals surface area (Å²) in [4.78, 5) is 16.0. The Morgan fingerprint density at radius 1 is 1.26 bits per heavy atom. The van der Waals surface area contributed by atoms with Crippen molar-refractivity contribution in [2.75, 3.05) is 6.54 Å². The van der Waals surface area contributed by atoms with E-state index in [2.05, 4.69) is 32.6 Å². The summed E-state index contributed by atoms with van der Waals surface area (Å²) < 4.78 is 5.23. The van der Waals surface area contributed by atoms with Crippen molar-refractivity contribution < 1.29 is 9.53 Å². The molecule has 1 heterocycles. The van der Waals surface area contributed by atoms with Crippen molar-refractivity contribution in [2.45, 2.75) is 46.1 Å². The summed E-state index contributed by atoms with van der Waals surface area (Å²) in [5.74, 6) is 1.58. The first-order valence-electron chi connectivity index (χ1n) is 7.75. The van der Waals surface area contributed by atoms with E-state index in [-0.39, 0.29) is 6.09 Å². The van der Waals surface area contributed by atoms with Crippen molar-refractivity contribution in [1.82, 2.24) is 20.5 Å². The maximum absolute atomic E-state index is 11.7. The van der Waals surface area contributed by atoms with E-state index in [0.29, 0.717) is 13.0 Å². The molecule has 0 aliphatic heterocycles. The molecule has 0 fully saturated rings. The van der Waals surface area contributed by atoms with Crippen molar-refractivity contribution in [3.63, 3.8) is 0 Å². The van der Waals surface area contributed by atoms with Gasteiger partial charge in [-0.05, 0) is 45.2 Å². The summed E-state index contributed by atoms with van der Waals surface area (Å²) in [5.41, 5.74) is 1.86. The minimum Gasteiger partial charge on any atom is -0.444 e. The zero-order valence-electron chi connectivity index (χ0n) is 14.1. The molecule has 1 aromatic heterocycles. The molecule has 0 saturated heterocycles. The van der Waals surface area contributed by atoms with Crippen LogP contribution in [0.15, 0.2) is 24.3 Å². The lowest BCUT2D eigenvalue weighted by Crippen LogP contribution is -2.33. The number of rotatable bonds is 5. The molecule has 2 aromatic rings. The minimum atomic E-state index is -0.481. The highest BCUT2D eigenvalue weighted by Crippen LogP contribution is 2.13. The number of amides is 1. The average Bonchev–Trinajstić information content (AvgIpc) is 2.84. The highest BCUT2D eigenvalue weighted by atomic mass is 16.6. The molecule has 0 radical (unpaired) electrons. The smallest absolute Gasteiger partial charge is 0.407 e. The maximum Gasteiger partial charge on any atom is 0.407 e. The van der Waals surface area contributed by atoms with Crippen LogP contribution in [0.1, 0.15) is 43.5 Å². The standard InChI is InChI=1S/C17H24N4O2/c1-12-19-15(21-20-12)11-14-8-6-5-7-13(14)9-10-18-16(22)23-17(2,3)4/h5-8H,9-11H2,1-4H3,(H,18,22)(H,19,20,21). The van der Waals surface area contributed by atoms with Gasteiger partial charge in [0.15, 0.2) is 5.82 Å². The zero-order chi connectivity index (χ0) is 16.9. The normalized spacial score (nSPS) is 11.3. The number of nitrogens with one attached hydrogen (secondary N) is 2. The van der Waals surface area contributed by atoms with Crippen LogP contribution in [0.3, 0.4) is 0 Å². The summed E-state index contributed by atoms with van der Waals surface area (Å²) in [7, 11) is 0. The molecule has 6 heteroatoms. The number of carbonyl (C=O) groups is 1. The second kappa shape index (κ2) is 7.26. The molecule has 2 N–H and O–H groups in total. The molecule has 0 spiro atoms. The van der Waals surface area contributed by atoms with Gasteiger partial charge in [0.05, 0.1) is 0 Å². The molecule has 1 aromatic carbocycles. The van der Waals surface area contributed by atoms with Crippen LogP contribution in [0.2, 0.25) is 0 Å². The van der Waals surface area contributed by atoms with Gasteiger partial charge in [-0.3, -0.25) is 5.10 Å². The van der Waals surface area contributed by atoms with E-state index in [1.807, 2.05) is 39.8 Å². The van der Waals surface area contributed by atoms with E-state index in [1.54, 1.807) is 0 Å². The quantitative estimate of drug-likeness (QED) is 0.889. The number of H-pyrrole nitrogens is 1. The van der Waals surface area contributed by atoms with Crippen LogP contribution in [0, 0.1) is 6.92 Å². The zero-order valence-corrected chi connectivity index (χ0v) is 14.1. The van der Waals surface area contributed by atoms with Gasteiger partial charge in [-0.15, -0.1) is 0 Å². The number of hydrogen-bond donors (Lipinski definition) is 2. The summed E-state index contributed by atoms with van der Waals surface area (Å²) >= 11 is 0. The van der Waals surface area contributed by atoms with Gasteiger partial charge in [-0.1, -0.05) is 24.3 Å². The fraction of sp³-hybridized carbons (Fsp3) is 0.471. The highest BCUT2D eigenvalue weighted by Gasteiger charge is 2.15. The van der Waals surface area contributed by atoms with Crippen LogP contribution in [0.25, 0.3) is 0 Å². The van der Waals surface area contributed by atoms with E-state index in [1.165, 1.54) is 5.56 Å². The second-order valence-electron chi connectivity index (χ2n) is 6.46. The number of hydrogen-bond acceptors (Lipinski definition) is 4. The van der Waals surface area contributed by atoms with Crippen LogP contribution in [0.4, 0.5) is 4.79 Å². The topological polar surface area (TPSA) is 79.9 Å². The van der Waals surface area contributed by atoms with Gasteiger partial charge in [-0.25, -0.2) is 9.78 Å². The minimum absolute atomic E-state index is 0.389. The molecule has 1 amide bonds. The molecular formula is C17H24N4O2. The summed E-state index contributed by atoms with van der Waals surface area (Å²) in [6.07, 6.45) is 1.02. The van der Waals surface area contributed by atoms with Crippen LogP contribution in [-0.2, 0) is 17.6 Å². The lowest BCUT2D eigenvalue weighted by molar-refractivity contribution is 0.0528.